The van der Waals surface area contributed by atoms with E-state index in [-0.39, 0.29) is 17.4 Å². The second-order valence-electron chi connectivity index (χ2n) is 7.88. The van der Waals surface area contributed by atoms with Crippen LogP contribution >= 0.6 is 34.3 Å². The molecule has 0 aliphatic carbocycles. The van der Waals surface area contributed by atoms with Crippen molar-refractivity contribution in [2.45, 2.75) is 6.92 Å². The van der Waals surface area contributed by atoms with Crippen molar-refractivity contribution in [2.75, 3.05) is 11.6 Å². The molecule has 0 atom stereocenters. The van der Waals surface area contributed by atoms with Gasteiger partial charge in [0, 0.05) is 37.3 Å². The van der Waals surface area contributed by atoms with Crippen molar-refractivity contribution >= 4 is 93.7 Å². The number of anilines is 2. The van der Waals surface area contributed by atoms with Gasteiger partial charge in [-0.15, -0.1) is 22.7 Å². The number of benzene rings is 2. The molecule has 0 fully saturated rings. The zero-order valence-electron chi connectivity index (χ0n) is 18.5. The fourth-order valence-electron chi connectivity index (χ4n) is 4.21. The molecule has 0 amide bonds. The van der Waals surface area contributed by atoms with Gasteiger partial charge in [-0.1, -0.05) is 11.6 Å². The Bertz CT molecular complexity index is 1970. The molecule has 2 N–H and O–H groups in total. The van der Waals surface area contributed by atoms with E-state index in [1.165, 1.54) is 27.7 Å². The predicted molar refractivity (Wildman–Crippen MR) is 143 cm³/mol. The maximum atomic E-state index is 13.0. The van der Waals surface area contributed by atoms with Crippen LogP contribution in [0.1, 0.15) is 17.3 Å². The minimum absolute atomic E-state index is 0.241. The first kappa shape index (κ1) is 22.7. The predicted octanol–water partition coefficient (Wildman–Crippen LogP) is 6.17. The number of rotatable bonds is 4. The summed E-state index contributed by atoms with van der Waals surface area (Å²) in [5, 5.41) is 9.18. The second kappa shape index (κ2) is 8.45. The monoisotopic (exact) mass is 538 g/mol. The molecule has 0 radical (unpaired) electrons. The zero-order chi connectivity index (χ0) is 25.1. The largest absolute Gasteiger partial charge is 0.462 e. The van der Waals surface area contributed by atoms with Crippen molar-refractivity contribution in [3.05, 3.63) is 78.6 Å². The standard InChI is InChI=1S/C25H15ClN2O6S2/c1-2-32-23(29)11-3-5-17-13(7-11)15-9-35-21(19(15)24(30)33-17)28(27)22-20-16(10-36-22)14-8-12(26)4-6-18(14)34-25(20)31/h3-10H,2,27H2,1H3. The molecule has 4 aromatic heterocycles. The van der Waals surface area contributed by atoms with E-state index in [0.717, 1.165) is 0 Å². The van der Waals surface area contributed by atoms with Gasteiger partial charge in [0.25, 0.3) is 0 Å². The lowest BCUT2D eigenvalue weighted by Crippen LogP contribution is -2.25. The van der Waals surface area contributed by atoms with Gasteiger partial charge in [0.05, 0.1) is 12.2 Å². The Morgan fingerprint density at radius 1 is 0.917 bits per heavy atom. The van der Waals surface area contributed by atoms with Gasteiger partial charge >= 0.3 is 17.2 Å². The van der Waals surface area contributed by atoms with Crippen LogP contribution in [-0.4, -0.2) is 12.6 Å². The number of thiophene rings is 2. The Labute approximate surface area is 214 Å². The Balaban J connectivity index is 1.55. The maximum absolute atomic E-state index is 13.0. The second-order valence-corrected chi connectivity index (χ2v) is 10.0. The molecule has 0 bridgehead atoms. The summed E-state index contributed by atoms with van der Waals surface area (Å²) in [7, 11) is 0. The lowest BCUT2D eigenvalue weighted by Gasteiger charge is -2.15. The van der Waals surface area contributed by atoms with E-state index in [9.17, 15) is 14.4 Å². The van der Waals surface area contributed by atoms with Crippen molar-refractivity contribution in [2.24, 2.45) is 5.84 Å². The van der Waals surface area contributed by atoms with Gasteiger partial charge in [-0.05, 0) is 43.3 Å². The molecule has 0 unspecified atom stereocenters. The smallest absolute Gasteiger partial charge is 0.347 e. The van der Waals surface area contributed by atoms with E-state index in [1.807, 2.05) is 0 Å². The Morgan fingerprint density at radius 2 is 1.47 bits per heavy atom. The summed E-state index contributed by atoms with van der Waals surface area (Å²) in [5.74, 6) is 6.03. The number of nitrogens with two attached hydrogens (primary N) is 1. The van der Waals surface area contributed by atoms with Crippen molar-refractivity contribution in [3.8, 4) is 0 Å². The number of esters is 1. The molecule has 4 heterocycles. The van der Waals surface area contributed by atoms with Crippen molar-refractivity contribution in [3.63, 3.8) is 0 Å². The zero-order valence-corrected chi connectivity index (χ0v) is 20.9. The highest BCUT2D eigenvalue weighted by Gasteiger charge is 2.23. The number of hydrogen-bond donors (Lipinski definition) is 1. The fraction of sp³-hybridized carbons (Fsp3) is 0.0800. The van der Waals surface area contributed by atoms with Gasteiger partial charge in [0.15, 0.2) is 0 Å². The molecule has 0 spiro atoms. The highest BCUT2D eigenvalue weighted by molar-refractivity contribution is 7.18. The molecular weight excluding hydrogens is 524 g/mol. The van der Waals surface area contributed by atoms with E-state index in [0.29, 0.717) is 53.3 Å². The van der Waals surface area contributed by atoms with Crippen LogP contribution in [0.2, 0.25) is 5.02 Å². The van der Waals surface area contributed by atoms with Crippen LogP contribution in [0.3, 0.4) is 0 Å². The number of nitrogens with zero attached hydrogens (tertiary/aromatic N) is 1. The summed E-state index contributed by atoms with van der Waals surface area (Å²) in [6, 6.07) is 9.75. The molecule has 180 valence electrons. The molecule has 11 heteroatoms. The third kappa shape index (κ3) is 3.41. The fourth-order valence-corrected chi connectivity index (χ4v) is 6.42. The minimum Gasteiger partial charge on any atom is -0.462 e. The summed E-state index contributed by atoms with van der Waals surface area (Å²) < 4.78 is 16.1. The Morgan fingerprint density at radius 3 is 2.06 bits per heavy atom. The van der Waals surface area contributed by atoms with Gasteiger partial charge in [0.1, 0.15) is 31.9 Å². The number of fused-ring (bicyclic) bond motifs is 6. The molecule has 0 aliphatic heterocycles. The average Bonchev–Trinajstić information content (AvgIpc) is 3.51. The van der Waals surface area contributed by atoms with Gasteiger partial charge in [-0.25, -0.2) is 20.2 Å². The number of carbonyl (C=O) groups excluding carboxylic acids is 1. The number of carbonyl (C=O) groups is 1. The van der Waals surface area contributed by atoms with Crippen molar-refractivity contribution < 1.29 is 18.4 Å². The molecule has 36 heavy (non-hydrogen) atoms. The third-order valence-electron chi connectivity index (χ3n) is 5.81. The quantitative estimate of drug-likeness (QED) is 0.122. The number of hydrogen-bond acceptors (Lipinski definition) is 10. The van der Waals surface area contributed by atoms with Crippen LogP contribution < -0.4 is 22.1 Å². The highest BCUT2D eigenvalue weighted by atomic mass is 35.5. The van der Waals surface area contributed by atoms with Gasteiger partial charge < -0.3 is 13.6 Å². The maximum Gasteiger partial charge on any atom is 0.347 e. The summed E-state index contributed by atoms with van der Waals surface area (Å²) in [4.78, 5) is 38.1. The average molecular weight is 539 g/mol. The molecular formula is C25H15ClN2O6S2. The van der Waals surface area contributed by atoms with Gasteiger partial charge in [-0.3, -0.25) is 5.01 Å². The van der Waals surface area contributed by atoms with Crippen LogP contribution in [0.25, 0.3) is 43.5 Å². The Hall–Kier alpha value is -3.70. The number of hydrazine groups is 1. The number of halogens is 1. The molecule has 0 saturated heterocycles. The van der Waals surface area contributed by atoms with Crippen LogP contribution in [0.4, 0.5) is 10.0 Å². The summed E-state index contributed by atoms with van der Waals surface area (Å²) >= 11 is 8.63. The normalized spacial score (nSPS) is 11.6. The molecule has 2 aromatic carbocycles. The number of ether oxygens (including phenoxy) is 1. The molecule has 0 aliphatic rings. The van der Waals surface area contributed by atoms with Crippen molar-refractivity contribution in [1.29, 1.82) is 0 Å². The van der Waals surface area contributed by atoms with E-state index >= 15 is 0 Å². The molecule has 6 aromatic rings. The first-order chi connectivity index (χ1) is 17.4. The van der Waals surface area contributed by atoms with Crippen LogP contribution in [0.5, 0.6) is 0 Å². The van der Waals surface area contributed by atoms with Crippen LogP contribution in [0, 0.1) is 0 Å². The summed E-state index contributed by atoms with van der Waals surface area (Å²) in [6.07, 6.45) is 0. The van der Waals surface area contributed by atoms with Crippen molar-refractivity contribution in [1.82, 2.24) is 0 Å². The summed E-state index contributed by atoms with van der Waals surface area (Å²) in [5.41, 5.74) is -0.0543. The minimum atomic E-state index is -0.585. The van der Waals surface area contributed by atoms with E-state index < -0.39 is 17.2 Å². The molecule has 8 nitrogen and oxygen atoms in total. The SMILES string of the molecule is CCOC(=O)c1ccc2oc(=O)c3c(N(N)c4scc5c4c(=O)oc4ccc(Cl)cc45)scc3c2c1. The lowest BCUT2D eigenvalue weighted by molar-refractivity contribution is 0.0526. The topological polar surface area (TPSA) is 116 Å². The van der Waals surface area contributed by atoms with Gasteiger partial charge in [-0.2, -0.15) is 0 Å². The Kier molecular flexibility index (Phi) is 5.34. The molecule has 6 rings (SSSR count). The first-order valence-corrected chi connectivity index (χ1v) is 12.8. The van der Waals surface area contributed by atoms with E-state index in [2.05, 4.69) is 0 Å². The van der Waals surface area contributed by atoms with Crippen LogP contribution in [-0.2, 0) is 4.74 Å². The van der Waals surface area contributed by atoms with E-state index in [1.54, 1.807) is 54.1 Å². The molecule has 0 saturated carbocycles. The third-order valence-corrected chi connectivity index (χ3v) is 8.00. The van der Waals surface area contributed by atoms with Gasteiger partial charge in [0.2, 0.25) is 0 Å². The first-order valence-electron chi connectivity index (χ1n) is 10.7. The lowest BCUT2D eigenvalue weighted by atomic mass is 10.1. The van der Waals surface area contributed by atoms with Crippen LogP contribution in [0.15, 0.2) is 65.6 Å². The van der Waals surface area contributed by atoms with E-state index in [4.69, 9.17) is 31.0 Å². The summed E-state index contributed by atoms with van der Waals surface area (Å²) in [6.45, 7) is 1.97. The highest BCUT2D eigenvalue weighted by Crippen LogP contribution is 2.42.